The molecule has 0 bridgehead atoms. The van der Waals surface area contributed by atoms with Crippen LogP contribution in [0, 0.1) is 0 Å². The molecule has 0 spiro atoms. The summed E-state index contributed by atoms with van der Waals surface area (Å²) in [6.07, 6.45) is 33.1. The van der Waals surface area contributed by atoms with Gasteiger partial charge >= 0.3 is 17.8 Å². The Morgan fingerprint density at radius 1 is 0.415 bits per heavy atom. The van der Waals surface area contributed by atoms with Crippen molar-refractivity contribution in [1.29, 1.82) is 0 Å². The first-order valence-corrected chi connectivity index (χ1v) is 18.0. The standard InChI is InChI=1S/C36H69NO4/c1-4-6-8-10-12-14-16-18-20-22-24-26-28-30-34(38)37(3,33-32-36(40)41)35(39)31-29-27-25-23-21-19-17-15-13-11-9-7-5-2/h4-33H2,1-3H3/p+1. The van der Waals surface area contributed by atoms with Crippen molar-refractivity contribution in [3.63, 3.8) is 0 Å². The van der Waals surface area contributed by atoms with E-state index in [-0.39, 0.29) is 29.3 Å². The number of unbranched alkanes of at least 4 members (excludes halogenated alkanes) is 24. The van der Waals surface area contributed by atoms with Crippen molar-refractivity contribution in [3.8, 4) is 0 Å². The first-order chi connectivity index (χ1) is 19.9. The van der Waals surface area contributed by atoms with E-state index in [1.54, 1.807) is 7.05 Å². The summed E-state index contributed by atoms with van der Waals surface area (Å²) in [5.41, 5.74) is 0. The highest BCUT2D eigenvalue weighted by molar-refractivity contribution is 5.84. The van der Waals surface area contributed by atoms with Gasteiger partial charge in [0.1, 0.15) is 6.54 Å². The van der Waals surface area contributed by atoms with E-state index in [1.165, 1.54) is 128 Å². The van der Waals surface area contributed by atoms with Gasteiger partial charge in [0.25, 0.3) is 0 Å². The molecule has 41 heavy (non-hydrogen) atoms. The molecule has 5 heteroatoms. The molecule has 0 heterocycles. The second-order valence-corrected chi connectivity index (χ2v) is 12.8. The number of imide groups is 1. The molecule has 0 radical (unpaired) electrons. The molecule has 0 unspecified atom stereocenters. The largest absolute Gasteiger partial charge is 0.481 e. The lowest BCUT2D eigenvalue weighted by Crippen LogP contribution is -2.54. The summed E-state index contributed by atoms with van der Waals surface area (Å²) in [6, 6.07) is 0. The van der Waals surface area contributed by atoms with E-state index < -0.39 is 5.97 Å². The van der Waals surface area contributed by atoms with Gasteiger partial charge in [0.2, 0.25) is 0 Å². The van der Waals surface area contributed by atoms with Gasteiger partial charge in [-0.05, 0) is 12.8 Å². The predicted octanol–water partition coefficient (Wildman–Crippen LogP) is 10.9. The van der Waals surface area contributed by atoms with Gasteiger partial charge in [-0.1, -0.05) is 168 Å². The van der Waals surface area contributed by atoms with E-state index in [0.717, 1.165) is 38.5 Å². The van der Waals surface area contributed by atoms with E-state index in [4.69, 9.17) is 0 Å². The average Bonchev–Trinajstić information content (AvgIpc) is 2.96. The van der Waals surface area contributed by atoms with Crippen molar-refractivity contribution >= 4 is 17.8 Å². The Morgan fingerprint density at radius 3 is 0.902 bits per heavy atom. The molecule has 0 aliphatic rings. The Hall–Kier alpha value is -1.23. The lowest BCUT2D eigenvalue weighted by molar-refractivity contribution is -0.757. The number of aliphatic carboxylic acids is 1. The van der Waals surface area contributed by atoms with Gasteiger partial charge in [-0.2, -0.15) is 0 Å². The Bertz CT molecular complexity index is 591. The highest BCUT2D eigenvalue weighted by Crippen LogP contribution is 2.19. The highest BCUT2D eigenvalue weighted by atomic mass is 16.4. The molecule has 0 rings (SSSR count). The van der Waals surface area contributed by atoms with Crippen LogP contribution in [0.25, 0.3) is 0 Å². The zero-order valence-electron chi connectivity index (χ0n) is 27.8. The number of hydrogen-bond donors (Lipinski definition) is 1. The molecule has 0 aliphatic carbocycles. The number of nitrogens with zero attached hydrogens (tertiary/aromatic N) is 1. The van der Waals surface area contributed by atoms with E-state index in [0.29, 0.717) is 12.8 Å². The molecule has 5 nitrogen and oxygen atoms in total. The second kappa shape index (κ2) is 28.9. The number of carbonyl (C=O) groups excluding carboxylic acids is 2. The van der Waals surface area contributed by atoms with Gasteiger partial charge in [0, 0.05) is 0 Å². The van der Waals surface area contributed by atoms with Crippen molar-refractivity contribution in [2.24, 2.45) is 0 Å². The van der Waals surface area contributed by atoms with Gasteiger partial charge in [-0.3, -0.25) is 4.79 Å². The number of hydrogen-bond acceptors (Lipinski definition) is 3. The van der Waals surface area contributed by atoms with E-state index in [2.05, 4.69) is 13.8 Å². The van der Waals surface area contributed by atoms with Crippen LogP contribution in [0.4, 0.5) is 0 Å². The lowest BCUT2D eigenvalue weighted by atomic mass is 10.0. The number of rotatable bonds is 31. The zero-order chi connectivity index (χ0) is 30.4. The smallest absolute Gasteiger partial charge is 0.320 e. The molecule has 1 N–H and O–H groups in total. The van der Waals surface area contributed by atoms with Crippen LogP contribution in [0.5, 0.6) is 0 Å². The van der Waals surface area contributed by atoms with E-state index in [9.17, 15) is 19.5 Å². The fourth-order valence-corrected chi connectivity index (χ4v) is 5.79. The summed E-state index contributed by atoms with van der Waals surface area (Å²) in [4.78, 5) is 37.5. The minimum absolute atomic E-state index is 0.0733. The normalized spacial score (nSPS) is 11.7. The van der Waals surface area contributed by atoms with Crippen LogP contribution in [-0.2, 0) is 14.4 Å². The first-order valence-electron chi connectivity index (χ1n) is 18.0. The predicted molar refractivity (Wildman–Crippen MR) is 174 cm³/mol. The average molecular weight is 581 g/mol. The molecule has 0 aromatic rings. The van der Waals surface area contributed by atoms with Crippen LogP contribution in [0.3, 0.4) is 0 Å². The summed E-state index contributed by atoms with van der Waals surface area (Å²) < 4.78 is -0.344. The molecule has 0 fully saturated rings. The van der Waals surface area contributed by atoms with Crippen molar-refractivity contribution in [2.75, 3.05) is 13.6 Å². The highest BCUT2D eigenvalue weighted by Gasteiger charge is 2.38. The summed E-state index contributed by atoms with van der Waals surface area (Å²) in [6.45, 7) is 4.59. The number of carboxylic acid groups (broad SMARTS) is 1. The Labute approximate surface area is 255 Å². The molecule has 0 saturated heterocycles. The van der Waals surface area contributed by atoms with Gasteiger partial charge < -0.3 is 5.11 Å². The van der Waals surface area contributed by atoms with Crippen molar-refractivity contribution in [2.45, 2.75) is 200 Å². The molecule has 242 valence electrons. The minimum atomic E-state index is -0.947. The topological polar surface area (TPSA) is 71.4 Å². The monoisotopic (exact) mass is 581 g/mol. The molecule has 0 atom stereocenters. The third kappa shape index (κ3) is 24.0. The molecule has 2 amide bonds. The molecule has 0 aromatic carbocycles. The maximum Gasteiger partial charge on any atom is 0.320 e. The van der Waals surface area contributed by atoms with Crippen LogP contribution >= 0.6 is 0 Å². The quantitative estimate of drug-likeness (QED) is 0.0654. The van der Waals surface area contributed by atoms with Crippen LogP contribution in [0.15, 0.2) is 0 Å². The molecular formula is C36H70NO4+. The molecular weight excluding hydrogens is 510 g/mol. The van der Waals surface area contributed by atoms with E-state index >= 15 is 0 Å². The fraction of sp³-hybridized carbons (Fsp3) is 0.917. The lowest BCUT2D eigenvalue weighted by Gasteiger charge is -2.28. The Balaban J connectivity index is 4.07. The van der Waals surface area contributed by atoms with Crippen LogP contribution in [0.1, 0.15) is 200 Å². The van der Waals surface area contributed by atoms with Gasteiger partial charge in [0.05, 0.1) is 26.3 Å². The summed E-state index contributed by atoms with van der Waals surface area (Å²) in [7, 11) is 1.65. The number of carbonyl (C=O) groups is 3. The summed E-state index contributed by atoms with van der Waals surface area (Å²) in [5.74, 6) is -1.15. The zero-order valence-corrected chi connectivity index (χ0v) is 27.8. The van der Waals surface area contributed by atoms with Gasteiger partial charge in [-0.15, -0.1) is 0 Å². The van der Waals surface area contributed by atoms with Crippen molar-refractivity contribution in [1.82, 2.24) is 0 Å². The number of quaternary nitrogens is 1. The van der Waals surface area contributed by atoms with Crippen molar-refractivity contribution in [3.05, 3.63) is 0 Å². The van der Waals surface area contributed by atoms with Crippen LogP contribution in [-0.4, -0.2) is 41.0 Å². The SMILES string of the molecule is CCCCCCCCCCCCCCCC(=O)[N+](C)(CCC(=O)O)C(=O)CCCCCCCCCCCCCCC. The molecule has 0 aliphatic heterocycles. The third-order valence-electron chi connectivity index (χ3n) is 8.86. The summed E-state index contributed by atoms with van der Waals surface area (Å²) >= 11 is 0. The second-order valence-electron chi connectivity index (χ2n) is 12.8. The number of amides is 2. The third-order valence-corrected chi connectivity index (χ3v) is 8.86. The Kier molecular flexibility index (Phi) is 28.0. The summed E-state index contributed by atoms with van der Waals surface area (Å²) in [5, 5.41) is 9.21. The van der Waals surface area contributed by atoms with Crippen LogP contribution < -0.4 is 0 Å². The van der Waals surface area contributed by atoms with Crippen LogP contribution in [0.2, 0.25) is 0 Å². The Morgan fingerprint density at radius 2 is 0.659 bits per heavy atom. The first kappa shape index (κ1) is 39.8. The molecule has 0 aromatic heterocycles. The van der Waals surface area contributed by atoms with Gasteiger partial charge in [-0.25, -0.2) is 14.1 Å². The van der Waals surface area contributed by atoms with Gasteiger partial charge in [0.15, 0.2) is 0 Å². The maximum atomic E-state index is 13.1. The van der Waals surface area contributed by atoms with Crippen molar-refractivity contribution < 1.29 is 24.0 Å². The minimum Gasteiger partial charge on any atom is -0.481 e. The fourth-order valence-electron chi connectivity index (χ4n) is 5.79. The van der Waals surface area contributed by atoms with E-state index in [1.807, 2.05) is 0 Å². The maximum absolute atomic E-state index is 13.1. The molecule has 0 saturated carbocycles. The number of carboxylic acids is 1.